The van der Waals surface area contributed by atoms with Gasteiger partial charge in [0.05, 0.1) is 30.7 Å². The summed E-state index contributed by atoms with van der Waals surface area (Å²) in [4.78, 5) is 49.8. The monoisotopic (exact) mass is 517 g/mol. The fourth-order valence-electron chi connectivity index (χ4n) is 3.46. The molecule has 180 valence electrons. The smallest absolute Gasteiger partial charge is 0.331 e. The minimum atomic E-state index is -0.587. The molecule has 0 spiro atoms. The van der Waals surface area contributed by atoms with Crippen molar-refractivity contribution in [2.75, 3.05) is 20.3 Å². The number of aliphatic hydroxyl groups is 1. The van der Waals surface area contributed by atoms with Gasteiger partial charge in [-0.15, -0.1) is 11.3 Å². The summed E-state index contributed by atoms with van der Waals surface area (Å²) in [5.74, 6) is 0.0579. The van der Waals surface area contributed by atoms with Crippen LogP contribution >= 0.6 is 34.5 Å². The van der Waals surface area contributed by atoms with Crippen LogP contribution in [0.15, 0.2) is 9.59 Å². The van der Waals surface area contributed by atoms with Gasteiger partial charge in [-0.1, -0.05) is 37.0 Å². The number of thiophene rings is 1. The highest BCUT2D eigenvalue weighted by Crippen LogP contribution is 2.33. The van der Waals surface area contributed by atoms with Crippen molar-refractivity contribution < 1.29 is 14.7 Å². The first-order valence-corrected chi connectivity index (χ1v) is 11.7. The molecule has 1 amide bonds. The lowest BCUT2D eigenvalue weighted by Crippen LogP contribution is -2.39. The van der Waals surface area contributed by atoms with Gasteiger partial charge in [0.15, 0.2) is 5.15 Å². The van der Waals surface area contributed by atoms with Gasteiger partial charge in [0.1, 0.15) is 15.8 Å². The lowest BCUT2D eigenvalue weighted by molar-refractivity contribution is -0.114. The molecule has 0 aliphatic rings. The number of nitrogens with zero attached hydrogens (tertiary/aromatic N) is 5. The summed E-state index contributed by atoms with van der Waals surface area (Å²) < 4.78 is 4.13. The molecule has 0 aliphatic carbocycles. The second-order valence-corrected chi connectivity index (χ2v) is 9.72. The molecule has 1 N–H and O–H groups in total. The van der Waals surface area contributed by atoms with E-state index in [0.29, 0.717) is 22.1 Å². The number of fused-ring (bicyclic) bond motifs is 1. The number of carbonyl (C=O) groups excluding carboxylic acids is 1. The third kappa shape index (κ3) is 4.73. The molecule has 3 aromatic rings. The second kappa shape index (κ2) is 9.98. The predicted octanol–water partition coefficient (Wildman–Crippen LogP) is 2.27. The van der Waals surface area contributed by atoms with Gasteiger partial charge < -0.3 is 9.67 Å². The van der Waals surface area contributed by atoms with Crippen molar-refractivity contribution >= 4 is 50.7 Å². The lowest BCUT2D eigenvalue weighted by atomic mass is 10.1. The molecule has 0 aliphatic heterocycles. The Labute approximate surface area is 203 Å². The van der Waals surface area contributed by atoms with E-state index in [9.17, 15) is 14.4 Å². The molecular formula is C20H25Cl2N5O5S. The number of halogens is 2. The largest absolute Gasteiger partial charge is 0.394 e. The zero-order valence-corrected chi connectivity index (χ0v) is 21.2. The topological polar surface area (TPSA) is 112 Å². The first-order chi connectivity index (χ1) is 15.5. The molecule has 0 aromatic carbocycles. The number of aromatic nitrogens is 4. The zero-order valence-electron chi connectivity index (χ0n) is 18.9. The SMILES string of the molecule is Cc1nc(Cl)c(Cl)n1Cc1sc2c(c1C(=O)N(C)OCCO)c(=O)n(C)c(=O)n2CC(C)C. The minimum absolute atomic E-state index is 0.0994. The Morgan fingerprint density at radius 3 is 2.48 bits per heavy atom. The Kier molecular flexibility index (Phi) is 7.69. The molecule has 0 radical (unpaired) electrons. The molecule has 0 unspecified atom stereocenters. The number of hydroxylamine groups is 2. The van der Waals surface area contributed by atoms with E-state index in [0.717, 1.165) is 9.63 Å². The van der Waals surface area contributed by atoms with E-state index in [4.69, 9.17) is 33.1 Å². The van der Waals surface area contributed by atoms with Crippen molar-refractivity contribution in [2.45, 2.75) is 33.9 Å². The summed E-state index contributed by atoms with van der Waals surface area (Å²) in [6.45, 7) is 5.72. The minimum Gasteiger partial charge on any atom is -0.394 e. The van der Waals surface area contributed by atoms with Crippen LogP contribution in [0.1, 0.15) is 34.9 Å². The van der Waals surface area contributed by atoms with Crippen molar-refractivity contribution in [1.29, 1.82) is 0 Å². The number of carbonyl (C=O) groups is 1. The van der Waals surface area contributed by atoms with Gasteiger partial charge in [0.2, 0.25) is 0 Å². The Balaban J connectivity index is 2.34. The van der Waals surface area contributed by atoms with Crippen LogP contribution in [0.25, 0.3) is 10.2 Å². The lowest BCUT2D eigenvalue weighted by Gasteiger charge is -2.17. The summed E-state index contributed by atoms with van der Waals surface area (Å²) >= 11 is 13.5. The maximum atomic E-state index is 13.4. The first kappa shape index (κ1) is 25.4. The van der Waals surface area contributed by atoms with Gasteiger partial charge in [-0.25, -0.2) is 14.8 Å². The Bertz CT molecular complexity index is 1320. The fourth-order valence-corrected chi connectivity index (χ4v) is 5.18. The molecule has 0 saturated heterocycles. The molecule has 3 rings (SSSR count). The van der Waals surface area contributed by atoms with Crippen LogP contribution < -0.4 is 11.2 Å². The molecule has 3 aromatic heterocycles. The van der Waals surface area contributed by atoms with Crippen molar-refractivity contribution in [3.63, 3.8) is 0 Å². The number of amides is 1. The van der Waals surface area contributed by atoms with Crippen molar-refractivity contribution in [1.82, 2.24) is 23.7 Å². The maximum absolute atomic E-state index is 13.4. The van der Waals surface area contributed by atoms with E-state index in [1.165, 1.54) is 30.0 Å². The Hall–Kier alpha value is -2.18. The van der Waals surface area contributed by atoms with Crippen LogP contribution in [0.4, 0.5) is 0 Å². The maximum Gasteiger partial charge on any atom is 0.331 e. The number of imidazole rings is 1. The number of aliphatic hydroxyl groups excluding tert-OH is 1. The van der Waals surface area contributed by atoms with Crippen LogP contribution in [0, 0.1) is 12.8 Å². The van der Waals surface area contributed by atoms with E-state index in [1.807, 2.05) is 13.8 Å². The normalized spacial score (nSPS) is 11.7. The molecule has 0 saturated carbocycles. The van der Waals surface area contributed by atoms with E-state index in [1.54, 1.807) is 11.5 Å². The van der Waals surface area contributed by atoms with Crippen LogP contribution in [-0.2, 0) is 25.0 Å². The molecule has 10 nitrogen and oxygen atoms in total. The van der Waals surface area contributed by atoms with Crippen LogP contribution in [0.2, 0.25) is 10.3 Å². The van der Waals surface area contributed by atoms with Gasteiger partial charge in [-0.2, -0.15) is 0 Å². The van der Waals surface area contributed by atoms with Crippen molar-refractivity contribution in [3.05, 3.63) is 47.4 Å². The predicted molar refractivity (Wildman–Crippen MR) is 127 cm³/mol. The molecular weight excluding hydrogens is 493 g/mol. The quantitative estimate of drug-likeness (QED) is 0.458. The van der Waals surface area contributed by atoms with Crippen molar-refractivity contribution in [2.24, 2.45) is 13.0 Å². The van der Waals surface area contributed by atoms with E-state index in [2.05, 4.69) is 4.98 Å². The van der Waals surface area contributed by atoms with E-state index >= 15 is 0 Å². The average Bonchev–Trinajstić information content (AvgIpc) is 3.25. The highest BCUT2D eigenvalue weighted by atomic mass is 35.5. The van der Waals surface area contributed by atoms with E-state index in [-0.39, 0.29) is 46.9 Å². The van der Waals surface area contributed by atoms with Crippen LogP contribution in [-0.4, -0.2) is 55.0 Å². The van der Waals surface area contributed by atoms with Crippen LogP contribution in [0.5, 0.6) is 0 Å². The number of rotatable bonds is 8. The Morgan fingerprint density at radius 1 is 1.27 bits per heavy atom. The van der Waals surface area contributed by atoms with Gasteiger partial charge in [0.25, 0.3) is 11.5 Å². The molecule has 13 heteroatoms. The van der Waals surface area contributed by atoms with Crippen LogP contribution in [0.3, 0.4) is 0 Å². The highest BCUT2D eigenvalue weighted by Gasteiger charge is 2.29. The molecule has 0 atom stereocenters. The molecule has 3 heterocycles. The summed E-state index contributed by atoms with van der Waals surface area (Å²) in [6, 6.07) is 0. The molecule has 0 bridgehead atoms. The number of aryl methyl sites for hydroxylation is 1. The summed E-state index contributed by atoms with van der Waals surface area (Å²) in [5.41, 5.74) is -0.936. The Morgan fingerprint density at radius 2 is 1.94 bits per heavy atom. The van der Waals surface area contributed by atoms with Gasteiger partial charge in [-0.05, 0) is 12.8 Å². The van der Waals surface area contributed by atoms with Gasteiger partial charge in [0, 0.05) is 25.5 Å². The molecule has 0 fully saturated rings. The summed E-state index contributed by atoms with van der Waals surface area (Å²) in [7, 11) is 2.78. The fraction of sp³-hybridized carbons (Fsp3) is 0.500. The number of hydrogen-bond acceptors (Lipinski definition) is 7. The average molecular weight is 518 g/mol. The zero-order chi connectivity index (χ0) is 24.6. The third-order valence-corrected chi connectivity index (χ3v) is 6.97. The third-order valence-electron chi connectivity index (χ3n) is 5.03. The second-order valence-electron chi connectivity index (χ2n) is 7.92. The van der Waals surface area contributed by atoms with Gasteiger partial charge >= 0.3 is 5.69 Å². The summed E-state index contributed by atoms with van der Waals surface area (Å²) in [5, 5.41) is 10.5. The molecule has 33 heavy (non-hydrogen) atoms. The van der Waals surface area contributed by atoms with E-state index < -0.39 is 17.2 Å². The standard InChI is InChI=1S/C20H25Cl2N5O5S/c1-10(2)8-27-19-14(17(29)24(4)20(27)31)13(18(30)25(5)32-7-6-28)12(33-19)9-26-11(3)23-15(21)16(26)22/h10,28H,6-9H2,1-5H3. The highest BCUT2D eigenvalue weighted by molar-refractivity contribution is 7.19. The first-order valence-electron chi connectivity index (χ1n) is 10.1. The summed E-state index contributed by atoms with van der Waals surface area (Å²) in [6.07, 6.45) is 0. The van der Waals surface area contributed by atoms with Crippen molar-refractivity contribution in [3.8, 4) is 0 Å². The number of hydrogen-bond donors (Lipinski definition) is 1. The van der Waals surface area contributed by atoms with Gasteiger partial charge in [-0.3, -0.25) is 23.6 Å².